The van der Waals surface area contributed by atoms with Crippen molar-refractivity contribution >= 4 is 30.0 Å². The maximum Gasteiger partial charge on any atom is 0.410 e. The second-order valence-corrected chi connectivity index (χ2v) is 15.0. The summed E-state index contributed by atoms with van der Waals surface area (Å²) >= 11 is 0. The van der Waals surface area contributed by atoms with E-state index >= 15 is 0 Å². The summed E-state index contributed by atoms with van der Waals surface area (Å²) in [5.74, 6) is -1.96. The van der Waals surface area contributed by atoms with Crippen LogP contribution in [-0.2, 0) is 36.9 Å². The van der Waals surface area contributed by atoms with E-state index in [2.05, 4.69) is 10.6 Å². The van der Waals surface area contributed by atoms with Gasteiger partial charge in [-0.2, -0.15) is 0 Å². The molecule has 50 heavy (non-hydrogen) atoms. The quantitative estimate of drug-likeness (QED) is 0.360. The van der Waals surface area contributed by atoms with Gasteiger partial charge in [-0.25, -0.2) is 14.4 Å². The number of nitrogens with one attached hydrogen (secondary N) is 2. The number of nitrogens with zero attached hydrogens (tertiary/aromatic N) is 3. The second kappa shape index (κ2) is 15.3. The van der Waals surface area contributed by atoms with E-state index < -0.39 is 59.3 Å². The zero-order chi connectivity index (χ0) is 36.2. The Labute approximate surface area is 293 Å². The first-order valence-electron chi connectivity index (χ1n) is 17.5. The van der Waals surface area contributed by atoms with Crippen LogP contribution in [0, 0.1) is 5.92 Å². The first-order chi connectivity index (χ1) is 23.6. The van der Waals surface area contributed by atoms with Gasteiger partial charge in [-0.15, -0.1) is 0 Å². The number of hydrogen-bond donors (Lipinski definition) is 3. The van der Waals surface area contributed by atoms with E-state index in [4.69, 9.17) is 14.2 Å². The van der Waals surface area contributed by atoms with Gasteiger partial charge in [0.1, 0.15) is 41.7 Å². The molecule has 1 saturated carbocycles. The van der Waals surface area contributed by atoms with E-state index in [1.54, 1.807) is 25.7 Å². The number of alkyl carbamates (subject to hydrolysis) is 1. The number of aliphatic carboxylic acids is 1. The van der Waals surface area contributed by atoms with Gasteiger partial charge in [0.2, 0.25) is 11.8 Å². The number of likely N-dealkylation sites (N-methyl/N-ethyl adjacent to an activating group) is 1. The lowest BCUT2D eigenvalue weighted by molar-refractivity contribution is -0.145. The van der Waals surface area contributed by atoms with Crippen molar-refractivity contribution in [3.05, 3.63) is 41.5 Å². The number of amides is 4. The molecule has 2 fully saturated rings. The SMILES string of the molecule is CN(C)CCOc1ccc2c(c1)CN(C(=O)O[C@@H]1C[C@H]3C(=O)N[C@]4(C(=O)O)C[C@H]4/C=C\CCCCC[C@H](NC(=O)OC(C)(C)C)C(=O)N3C1)C2. The van der Waals surface area contributed by atoms with Crippen LogP contribution >= 0.6 is 0 Å². The molecule has 5 rings (SSSR count). The van der Waals surface area contributed by atoms with E-state index in [0.29, 0.717) is 38.3 Å². The number of carboxylic acid groups (broad SMARTS) is 1. The fraction of sp³-hybridized carbons (Fsp3) is 0.639. The minimum absolute atomic E-state index is 0.0245. The predicted molar refractivity (Wildman–Crippen MR) is 182 cm³/mol. The first kappa shape index (κ1) is 36.9. The first-order valence-corrected chi connectivity index (χ1v) is 17.5. The molecule has 0 radical (unpaired) electrons. The topological polar surface area (TPSA) is 167 Å². The minimum Gasteiger partial charge on any atom is -0.492 e. The van der Waals surface area contributed by atoms with Crippen molar-refractivity contribution in [1.29, 1.82) is 0 Å². The van der Waals surface area contributed by atoms with Crippen molar-refractivity contribution in [3.63, 3.8) is 0 Å². The summed E-state index contributed by atoms with van der Waals surface area (Å²) in [6, 6.07) is 3.61. The molecule has 0 unspecified atom stereocenters. The molecule has 3 aliphatic heterocycles. The summed E-state index contributed by atoms with van der Waals surface area (Å²) in [5, 5.41) is 15.5. The highest BCUT2D eigenvalue weighted by Crippen LogP contribution is 2.45. The number of carboxylic acids is 1. The maximum atomic E-state index is 14.2. The molecular weight excluding hydrogens is 646 g/mol. The summed E-state index contributed by atoms with van der Waals surface area (Å²) in [5.41, 5.74) is -0.349. The lowest BCUT2D eigenvalue weighted by atomic mass is 10.0. The lowest BCUT2D eigenvalue weighted by Crippen LogP contribution is -2.56. The smallest absolute Gasteiger partial charge is 0.410 e. The Hall–Kier alpha value is -4.33. The molecule has 14 heteroatoms. The molecule has 1 aliphatic carbocycles. The molecule has 3 heterocycles. The van der Waals surface area contributed by atoms with Crippen LogP contribution in [0.2, 0.25) is 0 Å². The normalized spacial score (nSPS) is 27.6. The zero-order valence-electron chi connectivity index (χ0n) is 29.7. The molecule has 0 spiro atoms. The summed E-state index contributed by atoms with van der Waals surface area (Å²) in [4.78, 5) is 71.6. The Morgan fingerprint density at radius 2 is 1.86 bits per heavy atom. The van der Waals surface area contributed by atoms with Crippen LogP contribution in [0.5, 0.6) is 5.75 Å². The molecule has 0 bridgehead atoms. The van der Waals surface area contributed by atoms with E-state index in [9.17, 15) is 29.1 Å². The van der Waals surface area contributed by atoms with Gasteiger partial charge >= 0.3 is 18.2 Å². The van der Waals surface area contributed by atoms with Crippen LogP contribution in [-0.4, -0.2) is 113 Å². The van der Waals surface area contributed by atoms with Crippen LogP contribution in [0.15, 0.2) is 30.4 Å². The van der Waals surface area contributed by atoms with Crippen molar-refractivity contribution in [2.24, 2.45) is 5.92 Å². The summed E-state index contributed by atoms with van der Waals surface area (Å²) in [6.45, 7) is 7.02. The van der Waals surface area contributed by atoms with E-state index in [-0.39, 0.29) is 25.3 Å². The molecule has 4 amide bonds. The van der Waals surface area contributed by atoms with E-state index in [0.717, 1.165) is 36.9 Å². The highest BCUT2D eigenvalue weighted by molar-refractivity contribution is 5.96. The highest BCUT2D eigenvalue weighted by atomic mass is 16.6. The van der Waals surface area contributed by atoms with Gasteiger partial charge in [-0.3, -0.25) is 14.5 Å². The van der Waals surface area contributed by atoms with Crippen molar-refractivity contribution in [2.75, 3.05) is 33.8 Å². The molecule has 0 aromatic heterocycles. The van der Waals surface area contributed by atoms with Gasteiger partial charge in [0.15, 0.2) is 0 Å². The minimum atomic E-state index is -1.47. The zero-order valence-corrected chi connectivity index (χ0v) is 29.7. The number of carbonyl (C=O) groups is 5. The van der Waals surface area contributed by atoms with Crippen molar-refractivity contribution in [2.45, 2.75) is 108 Å². The monoisotopic (exact) mass is 697 g/mol. The molecule has 5 atom stereocenters. The summed E-state index contributed by atoms with van der Waals surface area (Å²) in [6.07, 6.45) is 5.08. The van der Waals surface area contributed by atoms with Crippen LogP contribution in [0.3, 0.4) is 0 Å². The maximum absolute atomic E-state index is 14.2. The highest BCUT2D eigenvalue weighted by Gasteiger charge is 2.61. The van der Waals surface area contributed by atoms with Crippen molar-refractivity contribution in [3.8, 4) is 5.75 Å². The van der Waals surface area contributed by atoms with E-state index in [1.165, 1.54) is 4.90 Å². The van der Waals surface area contributed by atoms with Crippen LogP contribution in [0.25, 0.3) is 0 Å². The fourth-order valence-electron chi connectivity index (χ4n) is 6.75. The third kappa shape index (κ3) is 9.06. The molecule has 3 N–H and O–H groups in total. The molecule has 14 nitrogen and oxygen atoms in total. The standard InChI is InChI=1S/C36H51N5O9/c1-35(2,3)50-33(46)37-28-12-10-8-6-7-9-11-25-19-36(25,32(44)45)38-30(42)29-18-27(22-41(29)31(28)43)49-34(47)40-20-23-13-14-26(17-24(23)21-40)48-16-15-39(4)5/h9,11,13-14,17,25,27-29H,6-8,10,12,15-16,18-22H2,1-5H3,(H,37,46)(H,38,42)(H,44,45)/b11-9-/t25-,27-,28+,29+,36-/m1/s1. The molecule has 4 aliphatic rings. The van der Waals surface area contributed by atoms with Crippen LogP contribution in [0.1, 0.15) is 76.8 Å². The fourth-order valence-corrected chi connectivity index (χ4v) is 6.75. The number of benzene rings is 1. The molecule has 274 valence electrons. The number of allylic oxidation sites excluding steroid dienone is 1. The number of carbonyl (C=O) groups excluding carboxylic acids is 4. The van der Waals surface area contributed by atoms with E-state index in [1.807, 2.05) is 49.3 Å². The third-order valence-electron chi connectivity index (χ3n) is 9.55. The second-order valence-electron chi connectivity index (χ2n) is 15.0. The van der Waals surface area contributed by atoms with Crippen molar-refractivity contribution < 1.29 is 43.3 Å². The Bertz CT molecular complexity index is 1490. The number of fused-ring (bicyclic) bond motifs is 3. The molecule has 1 aromatic carbocycles. The van der Waals surface area contributed by atoms with Gasteiger partial charge in [-0.1, -0.05) is 31.1 Å². The summed E-state index contributed by atoms with van der Waals surface area (Å²) in [7, 11) is 3.94. The Kier molecular flexibility index (Phi) is 11.3. The largest absolute Gasteiger partial charge is 0.492 e. The van der Waals surface area contributed by atoms with Gasteiger partial charge in [0.25, 0.3) is 0 Å². The molecular formula is C36H51N5O9. The van der Waals surface area contributed by atoms with Crippen LogP contribution < -0.4 is 15.4 Å². The number of ether oxygens (including phenoxy) is 3. The third-order valence-corrected chi connectivity index (χ3v) is 9.55. The lowest BCUT2D eigenvalue weighted by Gasteiger charge is -2.30. The van der Waals surface area contributed by atoms with Gasteiger partial charge < -0.3 is 39.8 Å². The molecule has 1 saturated heterocycles. The van der Waals surface area contributed by atoms with Gasteiger partial charge in [-0.05, 0) is 83.8 Å². The number of hydrogen-bond acceptors (Lipinski definition) is 9. The predicted octanol–water partition coefficient (Wildman–Crippen LogP) is 3.42. The average Bonchev–Trinajstić information content (AvgIpc) is 3.34. The Balaban J connectivity index is 1.32. The average molecular weight is 698 g/mol. The van der Waals surface area contributed by atoms with Gasteiger partial charge in [0.05, 0.1) is 6.54 Å². The summed E-state index contributed by atoms with van der Waals surface area (Å²) < 4.78 is 17.2. The van der Waals surface area contributed by atoms with Crippen molar-refractivity contribution in [1.82, 2.24) is 25.3 Å². The van der Waals surface area contributed by atoms with Gasteiger partial charge in [0, 0.05) is 32.0 Å². The Morgan fingerprint density at radius 1 is 1.10 bits per heavy atom. The number of rotatable bonds is 7. The molecule has 1 aromatic rings. The Morgan fingerprint density at radius 3 is 2.58 bits per heavy atom. The van der Waals surface area contributed by atoms with Crippen LogP contribution in [0.4, 0.5) is 9.59 Å².